The van der Waals surface area contributed by atoms with Crippen molar-refractivity contribution in [2.75, 3.05) is 38.7 Å². The van der Waals surface area contributed by atoms with Crippen LogP contribution in [-0.2, 0) is 4.74 Å². The van der Waals surface area contributed by atoms with E-state index in [1.54, 1.807) is 23.3 Å². The Kier molecular flexibility index (Phi) is 4.56. The highest BCUT2D eigenvalue weighted by molar-refractivity contribution is 7.23. The van der Waals surface area contributed by atoms with Crippen LogP contribution in [0.1, 0.15) is 0 Å². The lowest BCUT2D eigenvalue weighted by Crippen LogP contribution is -2.43. The maximum absolute atomic E-state index is 12.4. The van der Waals surface area contributed by atoms with E-state index in [2.05, 4.69) is 21.7 Å². The third-order valence-electron chi connectivity index (χ3n) is 4.07. The van der Waals surface area contributed by atoms with Gasteiger partial charge in [-0.25, -0.2) is 9.78 Å². The molecule has 2 amide bonds. The van der Waals surface area contributed by atoms with Gasteiger partial charge in [-0.05, 0) is 34.5 Å². The van der Waals surface area contributed by atoms with E-state index in [4.69, 9.17) is 9.47 Å². The molecule has 1 aliphatic heterocycles. The number of thiazole rings is 1. The number of urea groups is 1. The molecule has 2 aromatic heterocycles. The van der Waals surface area contributed by atoms with Crippen molar-refractivity contribution in [1.29, 1.82) is 0 Å². The largest absolute Gasteiger partial charge is 0.494 e. The van der Waals surface area contributed by atoms with E-state index in [0.717, 1.165) is 21.3 Å². The van der Waals surface area contributed by atoms with Crippen molar-refractivity contribution in [3.63, 3.8) is 0 Å². The summed E-state index contributed by atoms with van der Waals surface area (Å²) in [6, 6.07) is 5.90. The van der Waals surface area contributed by atoms with E-state index in [9.17, 15) is 4.79 Å². The fourth-order valence-electron chi connectivity index (χ4n) is 2.78. The third-order valence-corrected chi connectivity index (χ3v) is 5.76. The van der Waals surface area contributed by atoms with Gasteiger partial charge in [-0.1, -0.05) is 11.3 Å². The molecule has 0 aliphatic carbocycles. The summed E-state index contributed by atoms with van der Waals surface area (Å²) < 4.78 is 11.7. The molecule has 0 bridgehead atoms. The zero-order chi connectivity index (χ0) is 17.2. The Balaban J connectivity index is 1.68. The number of nitrogens with zero attached hydrogens (tertiary/aromatic N) is 2. The number of ether oxygens (including phenoxy) is 2. The van der Waals surface area contributed by atoms with Crippen molar-refractivity contribution in [2.45, 2.75) is 0 Å². The van der Waals surface area contributed by atoms with Crippen LogP contribution in [0.3, 0.4) is 0 Å². The number of thiophene rings is 1. The number of morpholine rings is 1. The van der Waals surface area contributed by atoms with Gasteiger partial charge in [-0.3, -0.25) is 5.32 Å². The van der Waals surface area contributed by atoms with Gasteiger partial charge in [0.2, 0.25) is 0 Å². The Morgan fingerprint density at radius 3 is 2.88 bits per heavy atom. The van der Waals surface area contributed by atoms with Gasteiger partial charge in [-0.15, -0.1) is 0 Å². The maximum Gasteiger partial charge on any atom is 0.323 e. The van der Waals surface area contributed by atoms with E-state index in [1.165, 1.54) is 11.3 Å². The molecule has 0 spiro atoms. The molecule has 3 heterocycles. The molecule has 1 aliphatic rings. The van der Waals surface area contributed by atoms with Gasteiger partial charge in [0.15, 0.2) is 5.13 Å². The highest BCUT2D eigenvalue weighted by Gasteiger charge is 2.20. The quantitative estimate of drug-likeness (QED) is 0.754. The lowest BCUT2D eigenvalue weighted by atomic mass is 10.1. The number of benzene rings is 1. The molecule has 0 unspecified atom stereocenters. The lowest BCUT2D eigenvalue weighted by molar-refractivity contribution is 0.0564. The number of carbonyl (C=O) groups excluding carboxylic acids is 1. The minimum absolute atomic E-state index is 0.140. The summed E-state index contributed by atoms with van der Waals surface area (Å²) in [4.78, 5) is 18.7. The van der Waals surface area contributed by atoms with Gasteiger partial charge in [0.25, 0.3) is 0 Å². The van der Waals surface area contributed by atoms with Gasteiger partial charge in [0.1, 0.15) is 11.3 Å². The molecule has 0 atom stereocenters. The molecular formula is C17H17N3O3S2. The Hall–Kier alpha value is -2.16. The summed E-state index contributed by atoms with van der Waals surface area (Å²) in [5, 5.41) is 7.64. The number of hydrogen-bond acceptors (Lipinski definition) is 6. The Morgan fingerprint density at radius 1 is 1.32 bits per heavy atom. The van der Waals surface area contributed by atoms with E-state index < -0.39 is 0 Å². The minimum Gasteiger partial charge on any atom is -0.494 e. The zero-order valence-corrected chi connectivity index (χ0v) is 15.3. The Bertz CT molecular complexity index is 886. The number of nitrogens with one attached hydrogen (secondary N) is 1. The number of methoxy groups -OCH3 is 1. The summed E-state index contributed by atoms with van der Waals surface area (Å²) >= 11 is 3.12. The second kappa shape index (κ2) is 6.99. The van der Waals surface area contributed by atoms with Gasteiger partial charge in [0, 0.05) is 18.7 Å². The average Bonchev–Trinajstić information content (AvgIpc) is 3.31. The van der Waals surface area contributed by atoms with Crippen molar-refractivity contribution < 1.29 is 14.3 Å². The Morgan fingerprint density at radius 2 is 2.16 bits per heavy atom. The molecule has 4 rings (SSSR count). The highest BCUT2D eigenvalue weighted by Crippen LogP contribution is 2.40. The smallest absolute Gasteiger partial charge is 0.323 e. The molecule has 1 fully saturated rings. The SMILES string of the molecule is COc1ccc(-c2ccsc2)c2sc(NC(=O)N3CCOCC3)nc12. The third kappa shape index (κ3) is 3.20. The van der Waals surface area contributed by atoms with Gasteiger partial charge in [0.05, 0.1) is 25.0 Å². The first kappa shape index (κ1) is 16.3. The van der Waals surface area contributed by atoms with Crippen LogP contribution in [0.4, 0.5) is 9.93 Å². The first-order valence-corrected chi connectivity index (χ1v) is 9.66. The van der Waals surface area contributed by atoms with Crippen LogP contribution in [0, 0.1) is 0 Å². The van der Waals surface area contributed by atoms with Crippen LogP contribution in [0.5, 0.6) is 5.75 Å². The summed E-state index contributed by atoms with van der Waals surface area (Å²) in [6.45, 7) is 2.34. The molecule has 3 aromatic rings. The van der Waals surface area contributed by atoms with Crippen LogP contribution >= 0.6 is 22.7 Å². The summed E-state index contributed by atoms with van der Waals surface area (Å²) in [7, 11) is 1.63. The van der Waals surface area contributed by atoms with E-state index in [1.807, 2.05) is 17.5 Å². The van der Waals surface area contributed by atoms with Crippen molar-refractivity contribution in [1.82, 2.24) is 9.88 Å². The Labute approximate surface area is 153 Å². The summed E-state index contributed by atoms with van der Waals surface area (Å²) in [5.41, 5.74) is 3.02. The fourth-order valence-corrected chi connectivity index (χ4v) is 4.45. The summed E-state index contributed by atoms with van der Waals surface area (Å²) in [5.74, 6) is 0.706. The number of amides is 2. The number of carbonyl (C=O) groups is 1. The predicted molar refractivity (Wildman–Crippen MR) is 101 cm³/mol. The first-order chi connectivity index (χ1) is 12.3. The van der Waals surface area contributed by atoms with E-state index in [0.29, 0.717) is 37.2 Å². The molecule has 6 nitrogen and oxygen atoms in total. The van der Waals surface area contributed by atoms with Crippen molar-refractivity contribution >= 4 is 44.1 Å². The number of fused-ring (bicyclic) bond motifs is 1. The van der Waals surface area contributed by atoms with Crippen LogP contribution in [0.15, 0.2) is 29.0 Å². The van der Waals surface area contributed by atoms with Crippen LogP contribution in [0.2, 0.25) is 0 Å². The summed E-state index contributed by atoms with van der Waals surface area (Å²) in [6.07, 6.45) is 0. The van der Waals surface area contributed by atoms with Crippen molar-refractivity contribution in [2.24, 2.45) is 0 Å². The second-order valence-electron chi connectivity index (χ2n) is 5.55. The zero-order valence-electron chi connectivity index (χ0n) is 13.7. The van der Waals surface area contributed by atoms with E-state index >= 15 is 0 Å². The number of hydrogen-bond donors (Lipinski definition) is 1. The molecule has 0 radical (unpaired) electrons. The minimum atomic E-state index is -0.140. The molecular weight excluding hydrogens is 358 g/mol. The molecule has 1 aromatic carbocycles. The number of aromatic nitrogens is 1. The van der Waals surface area contributed by atoms with Crippen molar-refractivity contribution in [3.8, 4) is 16.9 Å². The van der Waals surface area contributed by atoms with E-state index in [-0.39, 0.29) is 6.03 Å². The molecule has 8 heteroatoms. The second-order valence-corrected chi connectivity index (χ2v) is 7.33. The highest BCUT2D eigenvalue weighted by atomic mass is 32.1. The first-order valence-electron chi connectivity index (χ1n) is 7.90. The van der Waals surface area contributed by atoms with Gasteiger partial charge in [-0.2, -0.15) is 11.3 Å². The molecule has 0 saturated carbocycles. The predicted octanol–water partition coefficient (Wildman–Crippen LogP) is 3.90. The molecule has 25 heavy (non-hydrogen) atoms. The molecule has 1 N–H and O–H groups in total. The number of rotatable bonds is 3. The molecule has 1 saturated heterocycles. The average molecular weight is 375 g/mol. The van der Waals surface area contributed by atoms with Crippen LogP contribution in [0.25, 0.3) is 21.3 Å². The maximum atomic E-state index is 12.4. The van der Waals surface area contributed by atoms with Crippen LogP contribution in [-0.4, -0.2) is 49.3 Å². The monoisotopic (exact) mass is 375 g/mol. The van der Waals surface area contributed by atoms with Gasteiger partial charge < -0.3 is 14.4 Å². The fraction of sp³-hybridized carbons (Fsp3) is 0.294. The van der Waals surface area contributed by atoms with Gasteiger partial charge >= 0.3 is 6.03 Å². The molecule has 130 valence electrons. The lowest BCUT2D eigenvalue weighted by Gasteiger charge is -2.26. The normalized spacial score (nSPS) is 14.7. The number of anilines is 1. The standard InChI is InChI=1S/C17H17N3O3S2/c1-22-13-3-2-12(11-4-9-24-10-11)15-14(13)18-16(25-15)19-17(21)20-5-7-23-8-6-20/h2-4,9-10H,5-8H2,1H3,(H,18,19,21). The van der Waals surface area contributed by atoms with Crippen molar-refractivity contribution in [3.05, 3.63) is 29.0 Å². The topological polar surface area (TPSA) is 63.7 Å². The van der Waals surface area contributed by atoms with Crippen LogP contribution < -0.4 is 10.1 Å².